The fraction of sp³-hybridized carbons (Fsp3) is 0.286. The van der Waals surface area contributed by atoms with Crippen molar-refractivity contribution in [2.75, 3.05) is 5.32 Å². The molecule has 0 fully saturated rings. The molecule has 6 heteroatoms. The van der Waals surface area contributed by atoms with E-state index in [-0.39, 0.29) is 0 Å². The maximum atomic E-state index is 5.29. The van der Waals surface area contributed by atoms with Crippen LogP contribution in [0.4, 0.5) is 5.69 Å². The van der Waals surface area contributed by atoms with E-state index in [0.717, 1.165) is 22.3 Å². The van der Waals surface area contributed by atoms with E-state index in [1.165, 1.54) is 5.69 Å². The van der Waals surface area contributed by atoms with Gasteiger partial charge in [0.05, 0.1) is 6.20 Å². The van der Waals surface area contributed by atoms with Crippen molar-refractivity contribution in [2.24, 2.45) is 0 Å². The Balaban J connectivity index is 1.88. The summed E-state index contributed by atoms with van der Waals surface area (Å²) in [6, 6.07) is 7.89. The first-order valence-corrected chi connectivity index (χ1v) is 7.62. The largest absolute Gasteiger partial charge is 0.358 e. The molecule has 1 aromatic carbocycles. The van der Waals surface area contributed by atoms with Crippen LogP contribution in [0.15, 0.2) is 34.9 Å². The number of rotatable bonds is 4. The number of benzene rings is 1. The average Bonchev–Trinajstić information content (AvgIpc) is 2.79. The molecule has 0 aliphatic heterocycles. The summed E-state index contributed by atoms with van der Waals surface area (Å²) in [5.41, 5.74) is 3.30. The summed E-state index contributed by atoms with van der Waals surface area (Å²) in [7, 11) is 0. The first-order valence-electron chi connectivity index (χ1n) is 6.42. The molecule has 20 heavy (non-hydrogen) atoms. The lowest BCUT2D eigenvalue weighted by Crippen LogP contribution is -2.28. The Morgan fingerprint density at radius 2 is 2.05 bits per heavy atom. The van der Waals surface area contributed by atoms with Crippen molar-refractivity contribution in [3.63, 3.8) is 0 Å². The molecule has 0 saturated heterocycles. The third-order valence-corrected chi connectivity index (χ3v) is 3.82. The highest BCUT2D eigenvalue weighted by Crippen LogP contribution is 2.14. The number of anilines is 1. The van der Waals surface area contributed by atoms with E-state index in [2.05, 4.69) is 45.5 Å². The number of nitrogens with one attached hydrogen (secondary N) is 2. The second-order valence-corrected chi connectivity index (χ2v) is 5.71. The van der Waals surface area contributed by atoms with Gasteiger partial charge >= 0.3 is 0 Å². The summed E-state index contributed by atoms with van der Waals surface area (Å²) < 4.78 is 3.02. The minimum Gasteiger partial charge on any atom is -0.358 e. The topological polar surface area (TPSA) is 41.9 Å². The molecule has 1 aromatic heterocycles. The van der Waals surface area contributed by atoms with Crippen LogP contribution < -0.4 is 10.6 Å². The molecule has 2 N–H and O–H groups in total. The van der Waals surface area contributed by atoms with E-state index in [0.29, 0.717) is 11.7 Å². The average molecular weight is 353 g/mol. The lowest BCUT2D eigenvalue weighted by atomic mass is 10.2. The molecule has 4 nitrogen and oxygen atoms in total. The summed E-state index contributed by atoms with van der Waals surface area (Å²) in [4.78, 5) is 0. The third-order valence-electron chi connectivity index (χ3n) is 3.05. The molecular weight excluding hydrogens is 336 g/mol. The second kappa shape index (κ2) is 6.85. The lowest BCUT2D eigenvalue weighted by molar-refractivity contribution is 0.638. The molecule has 0 spiro atoms. The Kier molecular flexibility index (Phi) is 5.14. The zero-order valence-electron chi connectivity index (χ0n) is 11.5. The van der Waals surface area contributed by atoms with Crippen LogP contribution in [-0.4, -0.2) is 14.9 Å². The fourth-order valence-corrected chi connectivity index (χ4v) is 2.32. The standard InChI is InChI=1S/C14H17BrN4S/c1-3-19-10(2)11(9-17-19)8-16-14(20)18-13-6-4-12(15)5-7-13/h4-7,9H,3,8H2,1-2H3,(H2,16,18,20). The Morgan fingerprint density at radius 3 is 2.65 bits per heavy atom. The molecule has 0 aliphatic rings. The summed E-state index contributed by atoms with van der Waals surface area (Å²) in [5, 5.41) is 11.3. The van der Waals surface area contributed by atoms with Crippen molar-refractivity contribution < 1.29 is 0 Å². The van der Waals surface area contributed by atoms with Crippen LogP contribution in [0.5, 0.6) is 0 Å². The SMILES string of the molecule is CCn1ncc(CNC(=S)Nc2ccc(Br)cc2)c1C. The van der Waals surface area contributed by atoms with Gasteiger partial charge in [-0.25, -0.2) is 0 Å². The second-order valence-electron chi connectivity index (χ2n) is 4.39. The molecule has 2 aromatic rings. The summed E-state index contributed by atoms with van der Waals surface area (Å²) in [5.74, 6) is 0. The van der Waals surface area contributed by atoms with Gasteiger partial charge in [-0.1, -0.05) is 15.9 Å². The van der Waals surface area contributed by atoms with E-state index in [4.69, 9.17) is 12.2 Å². The number of thiocarbonyl (C=S) groups is 1. The first-order chi connectivity index (χ1) is 9.60. The van der Waals surface area contributed by atoms with Crippen molar-refractivity contribution in [1.82, 2.24) is 15.1 Å². The van der Waals surface area contributed by atoms with Crippen LogP contribution in [0.2, 0.25) is 0 Å². The van der Waals surface area contributed by atoms with Crippen molar-refractivity contribution >= 4 is 38.9 Å². The van der Waals surface area contributed by atoms with Crippen LogP contribution in [0.25, 0.3) is 0 Å². The summed E-state index contributed by atoms with van der Waals surface area (Å²) in [6.07, 6.45) is 1.88. The van der Waals surface area contributed by atoms with Gasteiger partial charge in [0.1, 0.15) is 0 Å². The van der Waals surface area contributed by atoms with Crippen molar-refractivity contribution in [2.45, 2.75) is 26.9 Å². The summed E-state index contributed by atoms with van der Waals surface area (Å²) >= 11 is 8.69. The Hall–Kier alpha value is -1.40. The lowest BCUT2D eigenvalue weighted by Gasteiger charge is -2.10. The molecule has 106 valence electrons. The van der Waals surface area contributed by atoms with Gasteiger partial charge < -0.3 is 10.6 Å². The number of halogens is 1. The highest BCUT2D eigenvalue weighted by Gasteiger charge is 2.05. The van der Waals surface area contributed by atoms with E-state index in [1.54, 1.807) is 0 Å². The van der Waals surface area contributed by atoms with Crippen LogP contribution in [0.1, 0.15) is 18.2 Å². The Labute approximate surface area is 132 Å². The van der Waals surface area contributed by atoms with Crippen LogP contribution in [-0.2, 0) is 13.1 Å². The minimum atomic E-state index is 0.607. The van der Waals surface area contributed by atoms with Gasteiger partial charge in [0, 0.05) is 34.5 Å². The number of aryl methyl sites for hydroxylation is 1. The van der Waals surface area contributed by atoms with Gasteiger partial charge in [0.2, 0.25) is 0 Å². The highest BCUT2D eigenvalue weighted by molar-refractivity contribution is 9.10. The van der Waals surface area contributed by atoms with Gasteiger partial charge in [0.15, 0.2) is 5.11 Å². The molecule has 0 radical (unpaired) electrons. The monoisotopic (exact) mass is 352 g/mol. The van der Waals surface area contributed by atoms with Crippen molar-refractivity contribution in [1.29, 1.82) is 0 Å². The molecule has 0 bridgehead atoms. The van der Waals surface area contributed by atoms with Crippen molar-refractivity contribution in [3.8, 4) is 0 Å². The third kappa shape index (κ3) is 3.80. The predicted molar refractivity (Wildman–Crippen MR) is 89.8 cm³/mol. The zero-order valence-corrected chi connectivity index (χ0v) is 13.9. The molecule has 0 unspecified atom stereocenters. The van der Waals surface area contributed by atoms with Gasteiger partial charge in [0.25, 0.3) is 0 Å². The minimum absolute atomic E-state index is 0.607. The van der Waals surface area contributed by atoms with Crippen LogP contribution in [0.3, 0.4) is 0 Å². The molecule has 0 saturated carbocycles. The maximum Gasteiger partial charge on any atom is 0.171 e. The molecule has 0 amide bonds. The molecular formula is C14H17BrN4S. The molecule has 2 rings (SSSR count). The fourth-order valence-electron chi connectivity index (χ4n) is 1.86. The normalized spacial score (nSPS) is 10.3. The zero-order chi connectivity index (χ0) is 14.5. The van der Waals surface area contributed by atoms with E-state index in [9.17, 15) is 0 Å². The van der Waals surface area contributed by atoms with Crippen LogP contribution in [0, 0.1) is 6.92 Å². The van der Waals surface area contributed by atoms with E-state index >= 15 is 0 Å². The first kappa shape index (κ1) is 15.0. The maximum absolute atomic E-state index is 5.29. The van der Waals surface area contributed by atoms with E-state index < -0.39 is 0 Å². The van der Waals surface area contributed by atoms with Gasteiger partial charge in [-0.05, 0) is 50.3 Å². The van der Waals surface area contributed by atoms with Gasteiger partial charge in [-0.15, -0.1) is 0 Å². The van der Waals surface area contributed by atoms with Gasteiger partial charge in [-0.2, -0.15) is 5.10 Å². The van der Waals surface area contributed by atoms with Gasteiger partial charge in [-0.3, -0.25) is 4.68 Å². The Bertz CT molecular complexity index is 592. The van der Waals surface area contributed by atoms with Crippen LogP contribution >= 0.6 is 28.1 Å². The smallest absolute Gasteiger partial charge is 0.171 e. The predicted octanol–water partition coefficient (Wildman–Crippen LogP) is 3.46. The number of hydrogen-bond donors (Lipinski definition) is 2. The molecule has 0 atom stereocenters. The molecule has 0 aliphatic carbocycles. The number of aromatic nitrogens is 2. The summed E-state index contributed by atoms with van der Waals surface area (Å²) in [6.45, 7) is 5.71. The molecule has 1 heterocycles. The Morgan fingerprint density at radius 1 is 1.35 bits per heavy atom. The number of hydrogen-bond acceptors (Lipinski definition) is 2. The highest BCUT2D eigenvalue weighted by atomic mass is 79.9. The number of nitrogens with zero attached hydrogens (tertiary/aromatic N) is 2. The van der Waals surface area contributed by atoms with E-state index in [1.807, 2.05) is 35.1 Å². The van der Waals surface area contributed by atoms with Crippen molar-refractivity contribution in [3.05, 3.63) is 46.2 Å². The quantitative estimate of drug-likeness (QED) is 0.826.